The molecule has 0 radical (unpaired) electrons. The zero-order valence-electron chi connectivity index (χ0n) is 12.2. The molecule has 0 heterocycles. The summed E-state index contributed by atoms with van der Waals surface area (Å²) in [5.74, 6) is -0.00427. The molecule has 3 heteroatoms. The number of Topliss-reactive ketones (excluding diaryl/α,β-unsaturated/α-hetero) is 1. The highest BCUT2D eigenvalue weighted by Crippen LogP contribution is 2.22. The number of nitrogens with zero attached hydrogens (tertiary/aromatic N) is 1. The Bertz CT molecular complexity index is 635. The predicted molar refractivity (Wildman–Crippen MR) is 84.1 cm³/mol. The van der Waals surface area contributed by atoms with E-state index >= 15 is 0 Å². The number of carbonyl (C=O) groups is 1. The van der Waals surface area contributed by atoms with Crippen LogP contribution < -0.4 is 10.6 Å². The molecule has 0 fully saturated rings. The molecule has 0 aromatic heterocycles. The lowest BCUT2D eigenvalue weighted by atomic mass is 10.1. The summed E-state index contributed by atoms with van der Waals surface area (Å²) in [6.45, 7) is 4.42. The van der Waals surface area contributed by atoms with Crippen molar-refractivity contribution in [1.29, 1.82) is 0 Å². The molecule has 0 spiro atoms. The Morgan fingerprint density at radius 3 is 2.55 bits per heavy atom. The number of aryl methyl sites for hydroxylation is 1. The van der Waals surface area contributed by atoms with Gasteiger partial charge in [0, 0.05) is 30.5 Å². The fourth-order valence-electron chi connectivity index (χ4n) is 2.28. The largest absolute Gasteiger partial charge is 0.398 e. The zero-order chi connectivity index (χ0) is 14.7. The molecule has 0 bridgehead atoms. The van der Waals surface area contributed by atoms with Crippen LogP contribution in [0.15, 0.2) is 42.5 Å². The Morgan fingerprint density at radius 1 is 1.20 bits per heavy atom. The van der Waals surface area contributed by atoms with Crippen molar-refractivity contribution in [3.8, 4) is 0 Å². The van der Waals surface area contributed by atoms with Gasteiger partial charge >= 0.3 is 0 Å². The van der Waals surface area contributed by atoms with Gasteiger partial charge in [-0.1, -0.05) is 29.8 Å². The maximum Gasteiger partial charge on any atom is 0.161 e. The second-order valence-electron chi connectivity index (χ2n) is 5.17. The first kappa shape index (κ1) is 14.1. The van der Waals surface area contributed by atoms with E-state index in [0.29, 0.717) is 11.3 Å². The monoisotopic (exact) mass is 268 g/mol. The van der Waals surface area contributed by atoms with Crippen molar-refractivity contribution in [2.45, 2.75) is 20.4 Å². The SMILES string of the molecule is CC(=O)c1ccc(N(C)Cc2cccc(C)c2)cc1N. The van der Waals surface area contributed by atoms with Crippen LogP contribution in [0, 0.1) is 6.92 Å². The summed E-state index contributed by atoms with van der Waals surface area (Å²) < 4.78 is 0. The van der Waals surface area contributed by atoms with Gasteiger partial charge < -0.3 is 10.6 Å². The van der Waals surface area contributed by atoms with Crippen LogP contribution in [0.3, 0.4) is 0 Å². The minimum Gasteiger partial charge on any atom is -0.398 e. The molecule has 104 valence electrons. The molecule has 0 aliphatic rings. The molecule has 0 atom stereocenters. The first-order valence-electron chi connectivity index (χ1n) is 6.64. The number of hydrogen-bond acceptors (Lipinski definition) is 3. The molecule has 2 aromatic rings. The van der Waals surface area contributed by atoms with Crippen LogP contribution in [0.2, 0.25) is 0 Å². The number of anilines is 2. The van der Waals surface area contributed by atoms with Gasteiger partial charge in [-0.05, 0) is 37.6 Å². The summed E-state index contributed by atoms with van der Waals surface area (Å²) in [6, 6.07) is 14.0. The molecular weight excluding hydrogens is 248 g/mol. The third-order valence-electron chi connectivity index (χ3n) is 3.36. The Kier molecular flexibility index (Phi) is 4.08. The van der Waals surface area contributed by atoms with Crippen molar-refractivity contribution in [1.82, 2.24) is 0 Å². The molecule has 2 rings (SSSR count). The van der Waals surface area contributed by atoms with Gasteiger partial charge in [-0.25, -0.2) is 0 Å². The number of benzene rings is 2. The maximum atomic E-state index is 11.4. The van der Waals surface area contributed by atoms with Gasteiger partial charge in [0.2, 0.25) is 0 Å². The van der Waals surface area contributed by atoms with Crippen LogP contribution in [0.5, 0.6) is 0 Å². The number of carbonyl (C=O) groups excluding carboxylic acids is 1. The summed E-state index contributed by atoms with van der Waals surface area (Å²) in [7, 11) is 2.02. The van der Waals surface area contributed by atoms with Crippen molar-refractivity contribution in [2.75, 3.05) is 17.7 Å². The third-order valence-corrected chi connectivity index (χ3v) is 3.36. The highest BCUT2D eigenvalue weighted by Gasteiger charge is 2.08. The highest BCUT2D eigenvalue weighted by molar-refractivity contribution is 5.99. The first-order valence-corrected chi connectivity index (χ1v) is 6.64. The van der Waals surface area contributed by atoms with E-state index in [9.17, 15) is 4.79 Å². The normalized spacial score (nSPS) is 10.3. The predicted octanol–water partition coefficient (Wildman–Crippen LogP) is 3.42. The van der Waals surface area contributed by atoms with E-state index in [2.05, 4.69) is 36.1 Å². The van der Waals surface area contributed by atoms with Gasteiger partial charge in [0.1, 0.15) is 0 Å². The van der Waals surface area contributed by atoms with Crippen molar-refractivity contribution < 1.29 is 4.79 Å². The maximum absolute atomic E-state index is 11.4. The van der Waals surface area contributed by atoms with Crippen molar-refractivity contribution >= 4 is 17.2 Å². The van der Waals surface area contributed by atoms with Crippen LogP contribution in [0.4, 0.5) is 11.4 Å². The van der Waals surface area contributed by atoms with E-state index in [-0.39, 0.29) is 5.78 Å². The average Bonchev–Trinajstić information content (AvgIpc) is 2.38. The van der Waals surface area contributed by atoms with Crippen LogP contribution in [0.1, 0.15) is 28.4 Å². The lowest BCUT2D eigenvalue weighted by molar-refractivity contribution is 0.101. The Labute approximate surface area is 120 Å². The van der Waals surface area contributed by atoms with Crippen LogP contribution in [0.25, 0.3) is 0 Å². The van der Waals surface area contributed by atoms with Crippen LogP contribution in [-0.4, -0.2) is 12.8 Å². The van der Waals surface area contributed by atoms with E-state index in [1.165, 1.54) is 18.1 Å². The van der Waals surface area contributed by atoms with Crippen LogP contribution in [-0.2, 0) is 6.54 Å². The first-order chi connectivity index (χ1) is 9.47. The summed E-state index contributed by atoms with van der Waals surface area (Å²) in [5.41, 5.74) is 10.6. The molecule has 20 heavy (non-hydrogen) atoms. The van der Waals surface area contributed by atoms with Gasteiger partial charge in [-0.15, -0.1) is 0 Å². The van der Waals surface area contributed by atoms with Gasteiger partial charge in [0.05, 0.1) is 0 Å². The van der Waals surface area contributed by atoms with Crippen molar-refractivity contribution in [2.24, 2.45) is 0 Å². The standard InChI is InChI=1S/C17H20N2O/c1-12-5-4-6-14(9-12)11-19(3)15-7-8-16(13(2)20)17(18)10-15/h4-10H,11,18H2,1-3H3. The third kappa shape index (κ3) is 3.18. The topological polar surface area (TPSA) is 46.3 Å². The molecule has 0 aliphatic carbocycles. The van der Waals surface area contributed by atoms with E-state index in [1.54, 1.807) is 6.07 Å². The minimum atomic E-state index is -0.00427. The summed E-state index contributed by atoms with van der Waals surface area (Å²) in [5, 5.41) is 0. The van der Waals surface area contributed by atoms with E-state index in [0.717, 1.165) is 12.2 Å². The lowest BCUT2D eigenvalue weighted by Crippen LogP contribution is -2.17. The second-order valence-corrected chi connectivity index (χ2v) is 5.17. The number of nitrogens with two attached hydrogens (primary N) is 1. The van der Waals surface area contributed by atoms with Crippen molar-refractivity contribution in [3.05, 3.63) is 59.2 Å². The molecule has 2 aromatic carbocycles. The Hall–Kier alpha value is -2.29. The Morgan fingerprint density at radius 2 is 1.95 bits per heavy atom. The number of nitrogen functional groups attached to an aromatic ring is 1. The van der Waals surface area contributed by atoms with Crippen LogP contribution >= 0.6 is 0 Å². The van der Waals surface area contributed by atoms with E-state index < -0.39 is 0 Å². The minimum absolute atomic E-state index is 0.00427. The molecule has 0 amide bonds. The fourth-order valence-corrected chi connectivity index (χ4v) is 2.28. The molecule has 2 N–H and O–H groups in total. The molecular formula is C17H20N2O. The fraction of sp³-hybridized carbons (Fsp3) is 0.235. The van der Waals surface area contributed by atoms with Gasteiger partial charge in [0.25, 0.3) is 0 Å². The van der Waals surface area contributed by atoms with Gasteiger partial charge in [0.15, 0.2) is 5.78 Å². The molecule has 0 aliphatic heterocycles. The Balaban J connectivity index is 2.19. The van der Waals surface area contributed by atoms with Gasteiger partial charge in [-0.3, -0.25) is 4.79 Å². The summed E-state index contributed by atoms with van der Waals surface area (Å²) in [4.78, 5) is 13.5. The van der Waals surface area contributed by atoms with E-state index in [4.69, 9.17) is 5.73 Å². The van der Waals surface area contributed by atoms with Crippen molar-refractivity contribution in [3.63, 3.8) is 0 Å². The lowest BCUT2D eigenvalue weighted by Gasteiger charge is -2.20. The summed E-state index contributed by atoms with van der Waals surface area (Å²) >= 11 is 0. The molecule has 0 saturated heterocycles. The van der Waals surface area contributed by atoms with E-state index in [1.807, 2.05) is 19.2 Å². The average molecular weight is 268 g/mol. The molecule has 0 saturated carbocycles. The molecule has 3 nitrogen and oxygen atoms in total. The number of rotatable bonds is 4. The summed E-state index contributed by atoms with van der Waals surface area (Å²) in [6.07, 6.45) is 0. The number of ketones is 1. The number of hydrogen-bond donors (Lipinski definition) is 1. The second kappa shape index (κ2) is 5.78. The zero-order valence-corrected chi connectivity index (χ0v) is 12.2. The highest BCUT2D eigenvalue weighted by atomic mass is 16.1. The molecule has 0 unspecified atom stereocenters. The smallest absolute Gasteiger partial charge is 0.161 e. The quantitative estimate of drug-likeness (QED) is 0.682. The van der Waals surface area contributed by atoms with Gasteiger partial charge in [-0.2, -0.15) is 0 Å².